The molecule has 2 rings (SSSR count). The van der Waals surface area contributed by atoms with Crippen LogP contribution in [-0.2, 0) is 10.7 Å². The third-order valence-electron chi connectivity index (χ3n) is 2.52. The van der Waals surface area contributed by atoms with Crippen molar-refractivity contribution in [2.45, 2.75) is 13.1 Å². The maximum absolute atomic E-state index is 11.3. The second-order valence-corrected chi connectivity index (χ2v) is 5.69. The Labute approximate surface area is 102 Å². The Hall–Kier alpha value is -1.62. The topological polar surface area (TPSA) is 108 Å². The van der Waals surface area contributed by atoms with E-state index in [1.807, 2.05) is 0 Å². The van der Waals surface area contributed by atoms with Crippen molar-refractivity contribution in [2.75, 3.05) is 0 Å². The van der Waals surface area contributed by atoms with Crippen molar-refractivity contribution >= 4 is 18.6 Å². The highest BCUT2D eigenvalue weighted by Crippen LogP contribution is 2.41. The van der Waals surface area contributed by atoms with E-state index in [-0.39, 0.29) is 16.9 Å². The minimum absolute atomic E-state index is 0.0247. The number of benzene rings is 1. The first-order valence-corrected chi connectivity index (χ1v) is 6.87. The number of rotatable bonds is 2. The maximum Gasteiger partial charge on any atom is 0.336 e. The largest absolute Gasteiger partial charge is 0.508 e. The second-order valence-electron chi connectivity index (χ2n) is 4.05. The number of hydrogen-bond acceptors (Lipinski definition) is 4. The summed E-state index contributed by atoms with van der Waals surface area (Å²) in [5.74, 6) is -0.0247. The van der Waals surface area contributed by atoms with Crippen LogP contribution in [0, 0.1) is 6.92 Å². The van der Waals surface area contributed by atoms with Crippen molar-refractivity contribution in [3.05, 3.63) is 39.7 Å². The summed E-state index contributed by atoms with van der Waals surface area (Å²) in [4.78, 5) is 29.2. The predicted octanol–water partition coefficient (Wildman–Crippen LogP) is 1.48. The summed E-state index contributed by atoms with van der Waals surface area (Å²) < 4.78 is 15.9. The lowest BCUT2D eigenvalue weighted by Gasteiger charge is -2.08. The molecule has 0 atom stereocenters. The molecule has 1 heterocycles. The zero-order valence-corrected chi connectivity index (χ0v) is 10.3. The third-order valence-corrected chi connectivity index (χ3v) is 3.28. The molecule has 18 heavy (non-hydrogen) atoms. The molecule has 0 radical (unpaired) electrons. The Balaban J connectivity index is 2.76. The molecular formula is C11H11O6P. The second kappa shape index (κ2) is 4.24. The molecule has 0 unspecified atom stereocenters. The van der Waals surface area contributed by atoms with Crippen LogP contribution in [0.25, 0.3) is 11.0 Å². The van der Waals surface area contributed by atoms with Gasteiger partial charge in [-0.1, -0.05) is 0 Å². The Morgan fingerprint density at radius 3 is 2.56 bits per heavy atom. The molecule has 0 saturated heterocycles. The normalized spacial score (nSPS) is 11.9. The number of fused-ring (bicyclic) bond motifs is 1. The SMILES string of the molecule is Cc1cc2oc(=O)cc(CP(=O)(O)O)c2cc1O. The standard InChI is InChI=1S/C11H11O6P/c1-6-2-10-8(4-9(6)12)7(3-11(13)17-10)5-18(14,15)16/h2-4,12H,5H2,1H3,(H2,14,15,16). The Morgan fingerprint density at radius 1 is 1.28 bits per heavy atom. The van der Waals surface area contributed by atoms with Crippen LogP contribution in [0.4, 0.5) is 0 Å². The number of aryl methyl sites for hydroxylation is 1. The molecule has 3 N–H and O–H groups in total. The van der Waals surface area contributed by atoms with Crippen LogP contribution >= 0.6 is 7.60 Å². The lowest BCUT2D eigenvalue weighted by atomic mass is 10.1. The van der Waals surface area contributed by atoms with Gasteiger partial charge in [0.15, 0.2) is 0 Å². The molecule has 0 fully saturated rings. The minimum atomic E-state index is -4.30. The average Bonchev–Trinajstić information content (AvgIpc) is 2.18. The van der Waals surface area contributed by atoms with Crippen molar-refractivity contribution in [1.29, 1.82) is 0 Å². The molecule has 0 aliphatic heterocycles. The molecule has 96 valence electrons. The van der Waals surface area contributed by atoms with E-state index in [2.05, 4.69) is 0 Å². The van der Waals surface area contributed by atoms with Crippen LogP contribution in [0.3, 0.4) is 0 Å². The molecular weight excluding hydrogens is 259 g/mol. The fourth-order valence-electron chi connectivity index (χ4n) is 1.72. The fourth-order valence-corrected chi connectivity index (χ4v) is 2.42. The summed E-state index contributed by atoms with van der Waals surface area (Å²) in [6.45, 7) is 1.63. The smallest absolute Gasteiger partial charge is 0.336 e. The van der Waals surface area contributed by atoms with Gasteiger partial charge in [-0.15, -0.1) is 0 Å². The number of hydrogen-bond donors (Lipinski definition) is 3. The van der Waals surface area contributed by atoms with E-state index in [1.54, 1.807) is 6.92 Å². The third kappa shape index (κ3) is 2.61. The van der Waals surface area contributed by atoms with Gasteiger partial charge in [0, 0.05) is 11.5 Å². The van der Waals surface area contributed by atoms with E-state index >= 15 is 0 Å². The maximum atomic E-state index is 11.3. The molecule has 1 aromatic heterocycles. The highest BCUT2D eigenvalue weighted by Gasteiger charge is 2.18. The molecule has 0 saturated carbocycles. The average molecular weight is 270 g/mol. The van der Waals surface area contributed by atoms with E-state index < -0.39 is 19.4 Å². The summed E-state index contributed by atoms with van der Waals surface area (Å²) in [5.41, 5.74) is 0.182. The highest BCUT2D eigenvalue weighted by atomic mass is 31.2. The summed E-state index contributed by atoms with van der Waals surface area (Å²) in [6, 6.07) is 3.81. The van der Waals surface area contributed by atoms with Crippen molar-refractivity contribution in [3.8, 4) is 5.75 Å². The van der Waals surface area contributed by atoms with Gasteiger partial charge in [-0.3, -0.25) is 4.57 Å². The van der Waals surface area contributed by atoms with Gasteiger partial charge in [-0.2, -0.15) is 0 Å². The number of aromatic hydroxyl groups is 1. The van der Waals surface area contributed by atoms with Crippen molar-refractivity contribution < 1.29 is 23.9 Å². The van der Waals surface area contributed by atoms with Crippen LogP contribution in [0.2, 0.25) is 0 Å². The Kier molecular flexibility index (Phi) is 3.02. The van der Waals surface area contributed by atoms with E-state index in [9.17, 15) is 14.5 Å². The van der Waals surface area contributed by atoms with Crippen LogP contribution in [-0.4, -0.2) is 14.9 Å². The van der Waals surface area contributed by atoms with Crippen LogP contribution in [0.1, 0.15) is 11.1 Å². The molecule has 0 amide bonds. The summed E-state index contributed by atoms with van der Waals surface area (Å²) in [6.07, 6.45) is -0.572. The van der Waals surface area contributed by atoms with Gasteiger partial charge in [0.1, 0.15) is 11.3 Å². The van der Waals surface area contributed by atoms with Gasteiger partial charge in [-0.25, -0.2) is 4.79 Å². The summed E-state index contributed by atoms with van der Waals surface area (Å²) in [7, 11) is -4.30. The molecule has 6 nitrogen and oxygen atoms in total. The zero-order valence-electron chi connectivity index (χ0n) is 9.45. The van der Waals surface area contributed by atoms with Crippen LogP contribution in [0.15, 0.2) is 27.4 Å². The molecule has 0 aliphatic rings. The van der Waals surface area contributed by atoms with Gasteiger partial charge >= 0.3 is 13.2 Å². The number of phenolic OH excluding ortho intramolecular Hbond substituents is 1. The van der Waals surface area contributed by atoms with E-state index in [4.69, 9.17) is 14.2 Å². The first kappa shape index (κ1) is 12.8. The van der Waals surface area contributed by atoms with Gasteiger partial charge < -0.3 is 19.3 Å². The van der Waals surface area contributed by atoms with Crippen molar-refractivity contribution in [2.24, 2.45) is 0 Å². The highest BCUT2D eigenvalue weighted by molar-refractivity contribution is 7.50. The first-order valence-electron chi connectivity index (χ1n) is 5.07. The molecule has 1 aromatic carbocycles. The fraction of sp³-hybridized carbons (Fsp3) is 0.182. The van der Waals surface area contributed by atoms with E-state index in [0.717, 1.165) is 6.07 Å². The van der Waals surface area contributed by atoms with Gasteiger partial charge in [0.05, 0.1) is 6.16 Å². The van der Waals surface area contributed by atoms with Crippen molar-refractivity contribution in [3.63, 3.8) is 0 Å². The van der Waals surface area contributed by atoms with Gasteiger partial charge in [0.2, 0.25) is 0 Å². The predicted molar refractivity (Wildman–Crippen MR) is 64.6 cm³/mol. The zero-order chi connectivity index (χ0) is 13.5. The van der Waals surface area contributed by atoms with Gasteiger partial charge in [-0.05, 0) is 30.2 Å². The molecule has 0 spiro atoms. The molecule has 0 aliphatic carbocycles. The quantitative estimate of drug-likeness (QED) is 0.563. The van der Waals surface area contributed by atoms with Gasteiger partial charge in [0.25, 0.3) is 0 Å². The Morgan fingerprint density at radius 2 is 1.94 bits per heavy atom. The number of phenols is 1. The molecule has 7 heteroatoms. The summed E-state index contributed by atoms with van der Waals surface area (Å²) >= 11 is 0. The van der Waals surface area contributed by atoms with Crippen molar-refractivity contribution in [1.82, 2.24) is 0 Å². The molecule has 0 bridgehead atoms. The lowest BCUT2D eigenvalue weighted by Crippen LogP contribution is -2.01. The van der Waals surface area contributed by atoms with Crippen LogP contribution < -0.4 is 5.63 Å². The Bertz CT molecular complexity index is 711. The first-order chi connectivity index (χ1) is 8.26. The molecule has 2 aromatic rings. The minimum Gasteiger partial charge on any atom is -0.508 e. The van der Waals surface area contributed by atoms with Crippen LogP contribution in [0.5, 0.6) is 5.75 Å². The summed E-state index contributed by atoms with van der Waals surface area (Å²) in [5, 5.41) is 9.92. The lowest BCUT2D eigenvalue weighted by molar-refractivity contribution is 0.371. The van der Waals surface area contributed by atoms with E-state index in [0.29, 0.717) is 10.9 Å². The monoisotopic (exact) mass is 270 g/mol. The van der Waals surface area contributed by atoms with E-state index in [1.165, 1.54) is 12.1 Å².